The van der Waals surface area contributed by atoms with Gasteiger partial charge in [0.2, 0.25) is 23.1 Å². The molecule has 0 N–H and O–H groups in total. The Morgan fingerprint density at radius 3 is 1.05 bits per heavy atom. The van der Waals surface area contributed by atoms with Crippen molar-refractivity contribution in [3.05, 3.63) is 71.8 Å². The molecular formula is C32H44O10. The standard InChI is InChI=1S/C32H44O10/c1-29(33-5)31(3,35-7)41-27-25(39-29)23(37-19-21-15-11-9-12-16-21)24(38-20-22-17-13-10-14-18-22)26-28(27)42-32(4,36-8)30(2,34-6)40-26/h9-18,23-28H,19-20H2,1-8H3/t23-,24+,25-,26-,27+,28+,29+,30+,31+,32+/m1/s1. The fraction of sp³-hybridized carbons (Fsp3) is 0.625. The first-order valence-electron chi connectivity index (χ1n) is 14.3. The second-order valence-corrected chi connectivity index (χ2v) is 11.5. The second-order valence-electron chi connectivity index (χ2n) is 11.5. The van der Waals surface area contributed by atoms with Crippen molar-refractivity contribution in [2.45, 2.75) is 101 Å². The molecule has 10 atom stereocenters. The van der Waals surface area contributed by atoms with Gasteiger partial charge in [-0.3, -0.25) is 0 Å². The van der Waals surface area contributed by atoms with Crippen molar-refractivity contribution in [1.29, 1.82) is 0 Å². The Kier molecular flexibility index (Phi) is 9.14. The van der Waals surface area contributed by atoms with Gasteiger partial charge in [-0.15, -0.1) is 0 Å². The number of hydrogen-bond acceptors (Lipinski definition) is 10. The minimum atomic E-state index is -1.29. The first-order chi connectivity index (χ1) is 20.1. The molecule has 3 aliphatic rings. The summed E-state index contributed by atoms with van der Waals surface area (Å²) in [5.74, 6) is -5.14. The highest BCUT2D eigenvalue weighted by Gasteiger charge is 2.70. The largest absolute Gasteiger partial charge is 0.368 e. The van der Waals surface area contributed by atoms with Crippen LogP contribution in [0.5, 0.6) is 0 Å². The van der Waals surface area contributed by atoms with Crippen LogP contribution in [-0.4, -0.2) is 88.2 Å². The Balaban J connectivity index is 1.58. The zero-order valence-electron chi connectivity index (χ0n) is 25.7. The lowest BCUT2D eigenvalue weighted by Gasteiger charge is -2.62. The number of methoxy groups -OCH3 is 4. The first kappa shape index (κ1) is 31.5. The van der Waals surface area contributed by atoms with Crippen molar-refractivity contribution in [3.63, 3.8) is 0 Å². The molecule has 2 aliphatic heterocycles. The fourth-order valence-electron chi connectivity index (χ4n) is 5.97. The molecule has 2 aromatic rings. The van der Waals surface area contributed by atoms with Crippen LogP contribution in [-0.2, 0) is 60.6 Å². The minimum absolute atomic E-state index is 0.310. The summed E-state index contributed by atoms with van der Waals surface area (Å²) in [6.07, 6.45) is -4.13. The molecule has 3 fully saturated rings. The highest BCUT2D eigenvalue weighted by molar-refractivity contribution is 5.16. The van der Waals surface area contributed by atoms with Gasteiger partial charge in [0.15, 0.2) is 0 Å². The van der Waals surface area contributed by atoms with Crippen LogP contribution >= 0.6 is 0 Å². The van der Waals surface area contributed by atoms with E-state index in [1.54, 1.807) is 56.1 Å². The summed E-state index contributed by atoms with van der Waals surface area (Å²) < 4.78 is 63.8. The van der Waals surface area contributed by atoms with Crippen LogP contribution in [0.25, 0.3) is 0 Å². The molecule has 0 radical (unpaired) electrons. The molecule has 2 heterocycles. The molecule has 0 bridgehead atoms. The first-order valence-corrected chi connectivity index (χ1v) is 14.3. The molecule has 42 heavy (non-hydrogen) atoms. The van der Waals surface area contributed by atoms with Gasteiger partial charge < -0.3 is 47.4 Å². The average molecular weight is 589 g/mol. The maximum absolute atomic E-state index is 6.76. The quantitative estimate of drug-likeness (QED) is 0.402. The lowest BCUT2D eigenvalue weighted by molar-refractivity contribution is -0.512. The maximum atomic E-state index is 6.76. The van der Waals surface area contributed by atoms with Crippen molar-refractivity contribution >= 4 is 0 Å². The fourth-order valence-corrected chi connectivity index (χ4v) is 5.97. The van der Waals surface area contributed by atoms with E-state index >= 15 is 0 Å². The number of ether oxygens (including phenoxy) is 10. The Hall–Kier alpha value is -1.96. The molecule has 0 spiro atoms. The Morgan fingerprint density at radius 2 is 0.762 bits per heavy atom. The van der Waals surface area contributed by atoms with Crippen LogP contribution in [0.4, 0.5) is 0 Å². The predicted molar refractivity (Wildman–Crippen MR) is 151 cm³/mol. The lowest BCUT2D eigenvalue weighted by Crippen LogP contribution is -2.80. The molecule has 0 amide bonds. The van der Waals surface area contributed by atoms with E-state index in [0.717, 1.165) is 11.1 Å². The van der Waals surface area contributed by atoms with Crippen molar-refractivity contribution in [3.8, 4) is 0 Å². The Morgan fingerprint density at radius 1 is 0.476 bits per heavy atom. The van der Waals surface area contributed by atoms with E-state index in [-0.39, 0.29) is 0 Å². The van der Waals surface area contributed by atoms with Gasteiger partial charge in [0.05, 0.1) is 13.2 Å². The van der Waals surface area contributed by atoms with Crippen molar-refractivity contribution in [2.24, 2.45) is 0 Å². The van der Waals surface area contributed by atoms with E-state index in [0.29, 0.717) is 13.2 Å². The summed E-state index contributed by atoms with van der Waals surface area (Å²) in [6, 6.07) is 19.9. The molecular weight excluding hydrogens is 544 g/mol. The van der Waals surface area contributed by atoms with Crippen LogP contribution in [0.3, 0.4) is 0 Å². The van der Waals surface area contributed by atoms with Gasteiger partial charge in [-0.05, 0) is 38.8 Å². The van der Waals surface area contributed by atoms with Gasteiger partial charge in [-0.2, -0.15) is 0 Å². The third kappa shape index (κ3) is 5.43. The van der Waals surface area contributed by atoms with Gasteiger partial charge in [-0.1, -0.05) is 60.7 Å². The highest BCUT2D eigenvalue weighted by Crippen LogP contribution is 2.51. The summed E-state index contributed by atoms with van der Waals surface area (Å²) in [5, 5.41) is 0. The van der Waals surface area contributed by atoms with Crippen molar-refractivity contribution in [2.75, 3.05) is 28.4 Å². The van der Waals surface area contributed by atoms with E-state index in [9.17, 15) is 0 Å². The molecule has 1 aliphatic carbocycles. The normalized spacial score (nSPS) is 41.6. The van der Waals surface area contributed by atoms with E-state index in [1.807, 2.05) is 60.7 Å². The lowest BCUT2D eigenvalue weighted by atomic mass is 9.80. The molecule has 10 heteroatoms. The third-order valence-corrected chi connectivity index (χ3v) is 9.17. The van der Waals surface area contributed by atoms with E-state index in [1.165, 1.54) is 0 Å². The summed E-state index contributed by atoms with van der Waals surface area (Å²) in [6.45, 7) is 7.74. The average Bonchev–Trinajstić information content (AvgIpc) is 3.02. The van der Waals surface area contributed by atoms with E-state index < -0.39 is 59.8 Å². The molecule has 0 aromatic heterocycles. The van der Waals surface area contributed by atoms with Crippen LogP contribution in [0, 0.1) is 0 Å². The molecule has 2 aromatic carbocycles. The SMILES string of the molecule is CO[C@@]1(C)O[C@@H]2[C@H]3O[C@](C)(OC)[C@@](C)(OC)O[C@@H]3[C@@H](OCc3ccccc3)[C@@H](OCc3ccccc3)[C@H]2O[C@]1(C)OC. The summed E-state index contributed by atoms with van der Waals surface area (Å²) >= 11 is 0. The summed E-state index contributed by atoms with van der Waals surface area (Å²) in [5.41, 5.74) is 2.00. The van der Waals surface area contributed by atoms with Gasteiger partial charge in [0.25, 0.3) is 0 Å². The Bertz CT molecular complexity index is 1080. The molecule has 0 unspecified atom stereocenters. The Labute approximate surface area is 248 Å². The predicted octanol–water partition coefficient (Wildman–Crippen LogP) is 4.19. The van der Waals surface area contributed by atoms with Crippen molar-refractivity contribution in [1.82, 2.24) is 0 Å². The zero-order chi connectivity index (χ0) is 30.2. The number of fused-ring (bicyclic) bond motifs is 3. The van der Waals surface area contributed by atoms with Gasteiger partial charge in [-0.25, -0.2) is 0 Å². The minimum Gasteiger partial charge on any atom is -0.368 e. The molecule has 5 rings (SSSR count). The topological polar surface area (TPSA) is 92.3 Å². The summed E-state index contributed by atoms with van der Waals surface area (Å²) in [4.78, 5) is 0. The number of rotatable bonds is 10. The maximum Gasteiger partial charge on any atom is 0.220 e. The van der Waals surface area contributed by atoms with Crippen LogP contribution in [0.1, 0.15) is 38.8 Å². The molecule has 10 nitrogen and oxygen atoms in total. The third-order valence-electron chi connectivity index (χ3n) is 9.17. The number of benzene rings is 2. The van der Waals surface area contributed by atoms with Crippen molar-refractivity contribution < 1.29 is 47.4 Å². The second kappa shape index (κ2) is 12.2. The molecule has 1 saturated carbocycles. The highest BCUT2D eigenvalue weighted by atomic mass is 16.8. The van der Waals surface area contributed by atoms with Crippen LogP contribution < -0.4 is 0 Å². The van der Waals surface area contributed by atoms with Gasteiger partial charge in [0.1, 0.15) is 36.6 Å². The smallest absolute Gasteiger partial charge is 0.220 e. The monoisotopic (exact) mass is 588 g/mol. The van der Waals surface area contributed by atoms with Gasteiger partial charge >= 0.3 is 0 Å². The van der Waals surface area contributed by atoms with Crippen LogP contribution in [0.15, 0.2) is 60.7 Å². The molecule has 2 saturated heterocycles. The van der Waals surface area contributed by atoms with Gasteiger partial charge in [0, 0.05) is 28.4 Å². The zero-order valence-corrected chi connectivity index (χ0v) is 25.7. The van der Waals surface area contributed by atoms with E-state index in [2.05, 4.69) is 0 Å². The molecule has 232 valence electrons. The summed E-state index contributed by atoms with van der Waals surface area (Å²) in [7, 11) is 6.22. The number of hydrogen-bond donors (Lipinski definition) is 0. The van der Waals surface area contributed by atoms with E-state index in [4.69, 9.17) is 47.4 Å². The van der Waals surface area contributed by atoms with Crippen LogP contribution in [0.2, 0.25) is 0 Å².